The molecule has 0 aromatic heterocycles. The number of benzene rings is 1. The second-order valence-corrected chi connectivity index (χ2v) is 4.74. The van der Waals surface area contributed by atoms with Gasteiger partial charge in [-0.15, -0.1) is 0 Å². The van der Waals surface area contributed by atoms with E-state index < -0.39 is 23.1 Å². The van der Waals surface area contributed by atoms with Crippen molar-refractivity contribution in [3.8, 4) is 0 Å². The SMILES string of the molecule is NCCC(CC1=COOC=C1)NC(=O)c1c(F)cccc1F. The van der Waals surface area contributed by atoms with E-state index in [4.69, 9.17) is 5.73 Å². The Balaban J connectivity index is 2.08. The molecule has 118 valence electrons. The van der Waals surface area contributed by atoms with Crippen molar-refractivity contribution >= 4 is 5.91 Å². The lowest BCUT2D eigenvalue weighted by Crippen LogP contribution is -2.37. The highest BCUT2D eigenvalue weighted by atomic mass is 19.1. The minimum atomic E-state index is -0.905. The zero-order valence-electron chi connectivity index (χ0n) is 11.7. The molecule has 1 aromatic carbocycles. The number of nitrogens with two attached hydrogens (primary N) is 1. The first-order valence-electron chi connectivity index (χ1n) is 6.74. The fourth-order valence-electron chi connectivity index (χ4n) is 2.08. The van der Waals surface area contributed by atoms with Gasteiger partial charge in [-0.25, -0.2) is 8.78 Å². The molecular formula is C15H16F2N2O3. The molecule has 7 heteroatoms. The molecule has 3 N–H and O–H groups in total. The number of nitrogens with one attached hydrogen (secondary N) is 1. The number of hydrogen-bond acceptors (Lipinski definition) is 4. The Kier molecular flexibility index (Phi) is 5.48. The molecule has 22 heavy (non-hydrogen) atoms. The Morgan fingerprint density at radius 3 is 2.59 bits per heavy atom. The number of amides is 1. The Morgan fingerprint density at radius 2 is 2.00 bits per heavy atom. The van der Waals surface area contributed by atoms with Gasteiger partial charge < -0.3 is 11.1 Å². The van der Waals surface area contributed by atoms with Crippen LogP contribution in [-0.2, 0) is 9.78 Å². The van der Waals surface area contributed by atoms with Gasteiger partial charge in [-0.3, -0.25) is 14.6 Å². The molecule has 0 bridgehead atoms. The summed E-state index contributed by atoms with van der Waals surface area (Å²) in [5.74, 6) is -2.62. The van der Waals surface area contributed by atoms with Crippen molar-refractivity contribution in [3.63, 3.8) is 0 Å². The van der Waals surface area contributed by atoms with Crippen LogP contribution in [0.5, 0.6) is 0 Å². The van der Waals surface area contributed by atoms with E-state index in [0.29, 0.717) is 19.4 Å². The lowest BCUT2D eigenvalue weighted by atomic mass is 10.0. The van der Waals surface area contributed by atoms with Crippen LogP contribution >= 0.6 is 0 Å². The predicted molar refractivity (Wildman–Crippen MR) is 75.3 cm³/mol. The number of hydrogen-bond donors (Lipinski definition) is 2. The van der Waals surface area contributed by atoms with Crippen LogP contribution in [-0.4, -0.2) is 18.5 Å². The Morgan fingerprint density at radius 1 is 1.27 bits per heavy atom. The number of allylic oxidation sites excluding steroid dienone is 1. The van der Waals surface area contributed by atoms with Gasteiger partial charge in [0.15, 0.2) is 0 Å². The molecule has 0 radical (unpaired) electrons. The fourth-order valence-corrected chi connectivity index (χ4v) is 2.08. The van der Waals surface area contributed by atoms with Crippen LogP contribution in [0.1, 0.15) is 23.2 Å². The summed E-state index contributed by atoms with van der Waals surface area (Å²) in [5.41, 5.74) is 5.68. The highest BCUT2D eigenvalue weighted by Gasteiger charge is 2.21. The molecule has 0 fully saturated rings. The fraction of sp³-hybridized carbons (Fsp3) is 0.267. The largest absolute Gasteiger partial charge is 0.349 e. The summed E-state index contributed by atoms with van der Waals surface area (Å²) in [7, 11) is 0. The molecular weight excluding hydrogens is 294 g/mol. The molecule has 1 aliphatic heterocycles. The van der Waals surface area contributed by atoms with Gasteiger partial charge in [0, 0.05) is 6.04 Å². The van der Waals surface area contributed by atoms with Gasteiger partial charge in [0.05, 0.1) is 0 Å². The standard InChI is InChI=1S/C15H16F2N2O3/c16-12-2-1-3-13(17)14(12)15(20)19-11(4-6-18)8-10-5-7-21-22-9-10/h1-3,5,7,9,11H,4,6,8,18H2,(H,19,20). The van der Waals surface area contributed by atoms with Crippen LogP contribution in [0.4, 0.5) is 8.78 Å². The van der Waals surface area contributed by atoms with E-state index in [1.807, 2.05) is 0 Å². The topological polar surface area (TPSA) is 73.6 Å². The number of halogens is 2. The third-order valence-corrected chi connectivity index (χ3v) is 3.11. The minimum Gasteiger partial charge on any atom is -0.349 e. The Labute approximate surface area is 126 Å². The van der Waals surface area contributed by atoms with Crippen molar-refractivity contribution in [2.75, 3.05) is 6.54 Å². The van der Waals surface area contributed by atoms with E-state index in [-0.39, 0.29) is 6.04 Å². The third kappa shape index (κ3) is 4.05. The Bertz CT molecular complexity index is 582. The summed E-state index contributed by atoms with van der Waals surface area (Å²) in [6, 6.07) is 2.89. The number of carbonyl (C=O) groups excluding carboxylic acids is 1. The minimum absolute atomic E-state index is 0.319. The lowest BCUT2D eigenvalue weighted by Gasteiger charge is -2.19. The summed E-state index contributed by atoms with van der Waals surface area (Å²) >= 11 is 0. The van der Waals surface area contributed by atoms with Gasteiger partial charge in [0.2, 0.25) is 0 Å². The lowest BCUT2D eigenvalue weighted by molar-refractivity contribution is -0.199. The van der Waals surface area contributed by atoms with E-state index in [1.165, 1.54) is 18.6 Å². The maximum atomic E-state index is 13.6. The molecule has 0 saturated heterocycles. The molecule has 0 saturated carbocycles. The van der Waals surface area contributed by atoms with E-state index in [2.05, 4.69) is 15.1 Å². The van der Waals surface area contributed by atoms with Crippen LogP contribution in [0.3, 0.4) is 0 Å². The van der Waals surface area contributed by atoms with Gasteiger partial charge in [0.1, 0.15) is 29.7 Å². The average Bonchev–Trinajstić information content (AvgIpc) is 2.48. The van der Waals surface area contributed by atoms with Crippen LogP contribution < -0.4 is 11.1 Å². The Hall–Kier alpha value is -2.41. The second-order valence-electron chi connectivity index (χ2n) is 4.74. The van der Waals surface area contributed by atoms with Crippen LogP contribution in [0.25, 0.3) is 0 Å². The van der Waals surface area contributed by atoms with E-state index in [0.717, 1.165) is 17.7 Å². The number of rotatable bonds is 6. The highest BCUT2D eigenvalue weighted by Crippen LogP contribution is 2.16. The first kappa shape index (κ1) is 16.0. The molecule has 1 atom stereocenters. The van der Waals surface area contributed by atoms with Gasteiger partial charge in [-0.2, -0.15) is 0 Å². The summed E-state index contributed by atoms with van der Waals surface area (Å²) in [4.78, 5) is 21.3. The summed E-state index contributed by atoms with van der Waals surface area (Å²) in [5, 5.41) is 2.59. The van der Waals surface area contributed by atoms with Crippen LogP contribution in [0.2, 0.25) is 0 Å². The molecule has 1 aliphatic rings. The molecule has 1 amide bonds. The van der Waals surface area contributed by atoms with E-state index in [1.54, 1.807) is 6.08 Å². The maximum Gasteiger partial charge on any atom is 0.257 e. The van der Waals surface area contributed by atoms with Gasteiger partial charge in [-0.05, 0) is 43.2 Å². The predicted octanol–water partition coefficient (Wildman–Crippen LogP) is 2.16. The van der Waals surface area contributed by atoms with Crippen molar-refractivity contribution in [2.45, 2.75) is 18.9 Å². The first-order valence-corrected chi connectivity index (χ1v) is 6.74. The first-order chi connectivity index (χ1) is 10.6. The summed E-state index contributed by atoms with van der Waals surface area (Å²) in [6.45, 7) is 0.319. The molecule has 1 heterocycles. The van der Waals surface area contributed by atoms with Crippen molar-refractivity contribution in [2.24, 2.45) is 5.73 Å². The summed E-state index contributed by atoms with van der Waals surface area (Å²) in [6.07, 6.45) is 5.27. The second kappa shape index (κ2) is 7.56. The third-order valence-electron chi connectivity index (χ3n) is 3.11. The number of carbonyl (C=O) groups is 1. The van der Waals surface area contributed by atoms with E-state index in [9.17, 15) is 13.6 Å². The zero-order valence-corrected chi connectivity index (χ0v) is 11.7. The molecule has 2 rings (SSSR count). The van der Waals surface area contributed by atoms with Crippen LogP contribution in [0.15, 0.2) is 42.4 Å². The normalized spacial score (nSPS) is 14.6. The van der Waals surface area contributed by atoms with Crippen molar-refractivity contribution < 1.29 is 23.4 Å². The molecule has 5 nitrogen and oxygen atoms in total. The van der Waals surface area contributed by atoms with Crippen molar-refractivity contribution in [1.82, 2.24) is 5.32 Å². The maximum absolute atomic E-state index is 13.6. The molecule has 0 aliphatic carbocycles. The van der Waals surface area contributed by atoms with Gasteiger partial charge in [-0.1, -0.05) is 6.07 Å². The smallest absolute Gasteiger partial charge is 0.257 e. The van der Waals surface area contributed by atoms with Gasteiger partial charge in [0.25, 0.3) is 5.91 Å². The monoisotopic (exact) mass is 310 g/mol. The molecule has 0 spiro atoms. The quantitative estimate of drug-likeness (QED) is 0.790. The van der Waals surface area contributed by atoms with Crippen molar-refractivity contribution in [3.05, 3.63) is 59.6 Å². The highest BCUT2D eigenvalue weighted by molar-refractivity contribution is 5.94. The van der Waals surface area contributed by atoms with Gasteiger partial charge >= 0.3 is 0 Å². The zero-order chi connectivity index (χ0) is 15.9. The molecule has 1 aromatic rings. The van der Waals surface area contributed by atoms with E-state index >= 15 is 0 Å². The van der Waals surface area contributed by atoms with Crippen LogP contribution in [0, 0.1) is 11.6 Å². The summed E-state index contributed by atoms with van der Waals surface area (Å²) < 4.78 is 27.2. The molecule has 1 unspecified atom stereocenters. The van der Waals surface area contributed by atoms with Crippen molar-refractivity contribution in [1.29, 1.82) is 0 Å². The average molecular weight is 310 g/mol.